The maximum atomic E-state index is 11.0. The van der Waals surface area contributed by atoms with Gasteiger partial charge >= 0.3 is 12.0 Å². The van der Waals surface area contributed by atoms with Gasteiger partial charge in [0.15, 0.2) is 6.04 Å². The Bertz CT molecular complexity index is 193. The lowest BCUT2D eigenvalue weighted by Gasteiger charge is -2.17. The summed E-state index contributed by atoms with van der Waals surface area (Å²) in [5, 5.41) is 11.0. The molecule has 0 spiro atoms. The van der Waals surface area contributed by atoms with E-state index >= 15 is 0 Å². The Morgan fingerprint density at radius 3 is 2.38 bits per heavy atom. The van der Waals surface area contributed by atoms with Crippen LogP contribution < -0.4 is 5.32 Å². The normalized spacial score (nSPS) is 11.7. The van der Waals surface area contributed by atoms with E-state index in [2.05, 4.69) is 10.1 Å². The third-order valence-electron chi connectivity index (χ3n) is 1.37. The van der Waals surface area contributed by atoms with Crippen molar-refractivity contribution in [3.8, 4) is 0 Å². The number of carbonyl (C=O) groups is 2. The predicted molar refractivity (Wildman–Crippen MR) is 45.1 cm³/mol. The van der Waals surface area contributed by atoms with Crippen LogP contribution in [0.1, 0.15) is 0 Å². The van der Waals surface area contributed by atoms with Crippen LogP contribution in [0.3, 0.4) is 0 Å². The van der Waals surface area contributed by atoms with E-state index in [9.17, 15) is 9.59 Å². The molecule has 0 fully saturated rings. The molecule has 0 aromatic carbocycles. The zero-order valence-electron chi connectivity index (χ0n) is 7.90. The fourth-order valence-electron chi connectivity index (χ4n) is 0.600. The van der Waals surface area contributed by atoms with Gasteiger partial charge in [-0.3, -0.25) is 0 Å². The molecular weight excluding hydrogens is 176 g/mol. The molecule has 6 nitrogen and oxygen atoms in total. The van der Waals surface area contributed by atoms with Gasteiger partial charge in [0, 0.05) is 14.1 Å². The van der Waals surface area contributed by atoms with Crippen LogP contribution in [-0.4, -0.2) is 55.9 Å². The number of hydrogen-bond acceptors (Lipinski definition) is 4. The van der Waals surface area contributed by atoms with Crippen molar-refractivity contribution < 1.29 is 19.4 Å². The Kier molecular flexibility index (Phi) is 4.83. The van der Waals surface area contributed by atoms with E-state index < -0.39 is 24.6 Å². The molecule has 0 rings (SSSR count). The van der Waals surface area contributed by atoms with Gasteiger partial charge in [-0.05, 0) is 0 Å². The van der Waals surface area contributed by atoms with Gasteiger partial charge in [-0.2, -0.15) is 0 Å². The summed E-state index contributed by atoms with van der Waals surface area (Å²) in [7, 11) is 4.24. The molecule has 0 aliphatic rings. The molecule has 0 aromatic heterocycles. The van der Waals surface area contributed by atoms with E-state index in [4.69, 9.17) is 5.11 Å². The number of hydrogen-bond donors (Lipinski definition) is 2. The topological polar surface area (TPSA) is 78.9 Å². The average Bonchev–Trinajstić information content (AvgIpc) is 2.12. The molecule has 1 unspecified atom stereocenters. The van der Waals surface area contributed by atoms with Crippen molar-refractivity contribution in [1.29, 1.82) is 0 Å². The van der Waals surface area contributed by atoms with Crippen molar-refractivity contribution in [3.05, 3.63) is 0 Å². The van der Waals surface area contributed by atoms with Crippen LogP contribution in [0.25, 0.3) is 0 Å². The number of ether oxygens (including phenoxy) is 1. The Labute approximate surface area is 76.5 Å². The van der Waals surface area contributed by atoms with E-state index in [0.717, 1.165) is 0 Å². The number of esters is 1. The summed E-state index contributed by atoms with van der Waals surface area (Å²) in [5.74, 6) is -0.669. The number of amides is 2. The van der Waals surface area contributed by atoms with Gasteiger partial charge in [0.2, 0.25) is 0 Å². The lowest BCUT2D eigenvalue weighted by Crippen LogP contribution is -2.47. The Morgan fingerprint density at radius 2 is 2.08 bits per heavy atom. The minimum absolute atomic E-state index is 0.454. The minimum Gasteiger partial charge on any atom is -0.467 e. The van der Waals surface area contributed by atoms with Gasteiger partial charge < -0.3 is 20.1 Å². The molecule has 0 saturated heterocycles. The fraction of sp³-hybridized carbons (Fsp3) is 0.714. The molecule has 13 heavy (non-hydrogen) atoms. The van der Waals surface area contributed by atoms with E-state index in [1.165, 1.54) is 26.1 Å². The smallest absolute Gasteiger partial charge is 0.330 e. The molecule has 0 radical (unpaired) electrons. The number of methoxy groups -OCH3 is 1. The van der Waals surface area contributed by atoms with Crippen LogP contribution in [0.5, 0.6) is 0 Å². The summed E-state index contributed by atoms with van der Waals surface area (Å²) in [6.07, 6.45) is 0. The number of rotatable bonds is 3. The first-order chi connectivity index (χ1) is 6.02. The highest BCUT2D eigenvalue weighted by Gasteiger charge is 2.20. The van der Waals surface area contributed by atoms with Crippen LogP contribution in [0.2, 0.25) is 0 Å². The number of nitrogens with zero attached hydrogens (tertiary/aromatic N) is 1. The highest BCUT2D eigenvalue weighted by molar-refractivity contribution is 5.83. The molecule has 0 aliphatic heterocycles. The van der Waals surface area contributed by atoms with Crippen molar-refractivity contribution in [2.75, 3.05) is 27.8 Å². The molecule has 2 amide bonds. The standard InChI is InChI=1S/C7H14N2O4/c1-9(2)7(12)8-5(4-10)6(11)13-3/h5,10H,4H2,1-3H3,(H,8,12). The van der Waals surface area contributed by atoms with Gasteiger partial charge in [-0.1, -0.05) is 0 Å². The first kappa shape index (κ1) is 11.7. The van der Waals surface area contributed by atoms with Crippen molar-refractivity contribution >= 4 is 12.0 Å². The van der Waals surface area contributed by atoms with Crippen LogP contribution in [0.4, 0.5) is 4.79 Å². The lowest BCUT2D eigenvalue weighted by molar-refractivity contribution is -0.143. The largest absolute Gasteiger partial charge is 0.467 e. The number of aliphatic hydroxyl groups excluding tert-OH is 1. The van der Waals surface area contributed by atoms with Crippen LogP contribution in [-0.2, 0) is 9.53 Å². The summed E-state index contributed by atoms with van der Waals surface area (Å²) < 4.78 is 4.35. The van der Waals surface area contributed by atoms with Crippen LogP contribution in [0.15, 0.2) is 0 Å². The van der Waals surface area contributed by atoms with E-state index in [0.29, 0.717) is 0 Å². The lowest BCUT2D eigenvalue weighted by atomic mass is 10.3. The molecule has 0 heterocycles. The number of aliphatic hydroxyl groups is 1. The highest BCUT2D eigenvalue weighted by atomic mass is 16.5. The van der Waals surface area contributed by atoms with Gasteiger partial charge in [-0.25, -0.2) is 9.59 Å². The average molecular weight is 190 g/mol. The Balaban J connectivity index is 4.13. The van der Waals surface area contributed by atoms with Gasteiger partial charge in [0.05, 0.1) is 13.7 Å². The second-order valence-corrected chi connectivity index (χ2v) is 2.60. The number of nitrogens with one attached hydrogen (secondary N) is 1. The second-order valence-electron chi connectivity index (χ2n) is 2.60. The summed E-state index contributed by atoms with van der Waals surface area (Å²) >= 11 is 0. The van der Waals surface area contributed by atoms with Gasteiger partial charge in [-0.15, -0.1) is 0 Å². The van der Waals surface area contributed by atoms with E-state index in [-0.39, 0.29) is 0 Å². The van der Waals surface area contributed by atoms with Crippen molar-refractivity contribution in [2.45, 2.75) is 6.04 Å². The highest BCUT2D eigenvalue weighted by Crippen LogP contribution is 1.88. The molecule has 76 valence electrons. The zero-order valence-corrected chi connectivity index (χ0v) is 7.90. The summed E-state index contributed by atoms with van der Waals surface area (Å²) in [6, 6.07) is -1.45. The molecule has 0 aromatic rings. The molecule has 0 saturated carbocycles. The minimum atomic E-state index is -1.00. The Hall–Kier alpha value is -1.30. The molecule has 2 N–H and O–H groups in total. The Morgan fingerprint density at radius 1 is 1.54 bits per heavy atom. The number of carbonyl (C=O) groups excluding carboxylic acids is 2. The van der Waals surface area contributed by atoms with Gasteiger partial charge in [0.1, 0.15) is 0 Å². The quantitative estimate of drug-likeness (QED) is 0.547. The molecule has 1 atom stereocenters. The van der Waals surface area contributed by atoms with Gasteiger partial charge in [0.25, 0.3) is 0 Å². The number of urea groups is 1. The second kappa shape index (κ2) is 5.36. The van der Waals surface area contributed by atoms with E-state index in [1.807, 2.05) is 0 Å². The zero-order chi connectivity index (χ0) is 10.4. The third-order valence-corrected chi connectivity index (χ3v) is 1.37. The van der Waals surface area contributed by atoms with Crippen LogP contribution >= 0.6 is 0 Å². The monoisotopic (exact) mass is 190 g/mol. The maximum absolute atomic E-state index is 11.0. The predicted octanol–water partition coefficient (Wildman–Crippen LogP) is -1.21. The fourth-order valence-corrected chi connectivity index (χ4v) is 0.600. The summed E-state index contributed by atoms with van der Waals surface area (Å²) in [5.41, 5.74) is 0. The summed E-state index contributed by atoms with van der Waals surface area (Å²) in [4.78, 5) is 23.2. The maximum Gasteiger partial charge on any atom is 0.330 e. The molecule has 0 bridgehead atoms. The van der Waals surface area contributed by atoms with E-state index in [1.54, 1.807) is 0 Å². The third kappa shape index (κ3) is 3.75. The first-order valence-corrected chi connectivity index (χ1v) is 3.69. The van der Waals surface area contributed by atoms with Crippen molar-refractivity contribution in [1.82, 2.24) is 10.2 Å². The molecular formula is C7H14N2O4. The van der Waals surface area contributed by atoms with Crippen molar-refractivity contribution in [2.24, 2.45) is 0 Å². The molecule has 6 heteroatoms. The van der Waals surface area contributed by atoms with Crippen molar-refractivity contribution in [3.63, 3.8) is 0 Å². The molecule has 0 aliphatic carbocycles. The SMILES string of the molecule is COC(=O)C(CO)NC(=O)N(C)C. The first-order valence-electron chi connectivity index (χ1n) is 3.69. The van der Waals surface area contributed by atoms with Crippen LogP contribution in [0, 0.1) is 0 Å². The summed E-state index contributed by atoms with van der Waals surface area (Å²) in [6.45, 7) is -0.480.